The van der Waals surface area contributed by atoms with E-state index in [0.29, 0.717) is 19.3 Å². The first-order valence-electron chi connectivity index (χ1n) is 30.4. The lowest BCUT2D eigenvalue weighted by molar-refractivity contribution is -0.161. The molecule has 3 unspecified atom stereocenters. The first-order chi connectivity index (χ1) is 38.2. The number of allylic oxidation sites excluding steroid dienone is 20. The number of rotatable bonds is 55. The molecule has 0 spiro atoms. The molecule has 0 aliphatic rings. The van der Waals surface area contributed by atoms with E-state index in [1.165, 1.54) is 19.3 Å². The van der Waals surface area contributed by atoms with Gasteiger partial charge in [0, 0.05) is 19.3 Å². The van der Waals surface area contributed by atoms with Crippen LogP contribution >= 0.6 is 7.82 Å². The monoisotopic (exact) mass is 1110 g/mol. The van der Waals surface area contributed by atoms with Gasteiger partial charge in [-0.25, -0.2) is 4.57 Å². The third kappa shape index (κ3) is 56.6. The molecule has 0 aromatic rings. The van der Waals surface area contributed by atoms with Crippen molar-refractivity contribution in [3.05, 3.63) is 122 Å². The summed E-state index contributed by atoms with van der Waals surface area (Å²) in [5.41, 5.74) is 0. The number of phosphoric acid groups is 1. The molecule has 0 aromatic carbocycles. The van der Waals surface area contributed by atoms with Gasteiger partial charge in [-0.3, -0.25) is 23.4 Å². The molecule has 2 N–H and O–H groups in total. The second-order valence-corrected chi connectivity index (χ2v) is 21.2. The number of hydrogen-bond donors (Lipinski definition) is 2. The minimum Gasteiger partial charge on any atom is -0.462 e. The zero-order valence-electron chi connectivity index (χ0n) is 49.1. The van der Waals surface area contributed by atoms with Crippen LogP contribution < -0.4 is 0 Å². The molecule has 11 nitrogen and oxygen atoms in total. The number of phosphoric ester groups is 1. The third-order valence-electron chi connectivity index (χ3n) is 12.3. The fraction of sp³-hybridized carbons (Fsp3) is 0.652. The van der Waals surface area contributed by atoms with Gasteiger partial charge in [0.2, 0.25) is 0 Å². The van der Waals surface area contributed by atoms with Crippen molar-refractivity contribution in [2.24, 2.45) is 0 Å². The molecule has 0 rings (SSSR count). The predicted molar refractivity (Wildman–Crippen MR) is 325 cm³/mol. The smallest absolute Gasteiger partial charge is 0.462 e. The van der Waals surface area contributed by atoms with Gasteiger partial charge in [0.1, 0.15) is 12.7 Å². The molecule has 78 heavy (non-hydrogen) atoms. The van der Waals surface area contributed by atoms with E-state index in [1.54, 1.807) is 0 Å². The molecular weight excluding hydrogens is 1000 g/mol. The molecule has 0 amide bonds. The fourth-order valence-electron chi connectivity index (χ4n) is 7.78. The van der Waals surface area contributed by atoms with E-state index < -0.39 is 57.8 Å². The van der Waals surface area contributed by atoms with Gasteiger partial charge in [-0.05, 0) is 128 Å². The second-order valence-electron chi connectivity index (χ2n) is 19.7. The zero-order valence-corrected chi connectivity index (χ0v) is 50.0. The molecule has 0 saturated heterocycles. The molecule has 0 saturated carbocycles. The molecule has 0 heterocycles. The van der Waals surface area contributed by atoms with E-state index in [-0.39, 0.29) is 25.9 Å². The van der Waals surface area contributed by atoms with E-state index in [9.17, 15) is 28.9 Å². The van der Waals surface area contributed by atoms with Crippen LogP contribution in [-0.4, -0.2) is 66.5 Å². The lowest BCUT2D eigenvalue weighted by Gasteiger charge is -2.21. The van der Waals surface area contributed by atoms with Gasteiger partial charge in [-0.15, -0.1) is 0 Å². The Labute approximate surface area is 475 Å². The molecule has 0 aliphatic carbocycles. The molecule has 0 fully saturated rings. The Hall–Kier alpha value is -4.12. The van der Waals surface area contributed by atoms with Gasteiger partial charge < -0.3 is 24.2 Å². The highest BCUT2D eigenvalue weighted by molar-refractivity contribution is 7.47. The zero-order chi connectivity index (χ0) is 56.9. The molecule has 0 aromatic heterocycles. The Kier molecular flexibility index (Phi) is 55.9. The van der Waals surface area contributed by atoms with Gasteiger partial charge in [0.25, 0.3) is 0 Å². The Morgan fingerprint density at radius 2 is 0.667 bits per heavy atom. The summed E-state index contributed by atoms with van der Waals surface area (Å²) in [7, 11) is -4.77. The lowest BCUT2D eigenvalue weighted by Crippen LogP contribution is -2.30. The number of aliphatic hydroxyl groups is 1. The van der Waals surface area contributed by atoms with E-state index in [2.05, 4.69) is 142 Å². The van der Waals surface area contributed by atoms with Crippen molar-refractivity contribution >= 4 is 25.7 Å². The minimum absolute atomic E-state index is 0.140. The van der Waals surface area contributed by atoms with Crippen LogP contribution in [0.2, 0.25) is 0 Å². The van der Waals surface area contributed by atoms with E-state index in [0.717, 1.165) is 161 Å². The summed E-state index contributed by atoms with van der Waals surface area (Å²) in [5.74, 6) is -1.53. The Morgan fingerprint density at radius 1 is 0.372 bits per heavy atom. The molecular formula is C66H109O11P. The van der Waals surface area contributed by atoms with Gasteiger partial charge in [0.15, 0.2) is 6.10 Å². The van der Waals surface area contributed by atoms with Crippen molar-refractivity contribution in [2.45, 2.75) is 251 Å². The van der Waals surface area contributed by atoms with Crippen LogP contribution in [0.4, 0.5) is 0 Å². The Bertz CT molecular complexity index is 1770. The normalized spacial score (nSPS) is 14.2. The Morgan fingerprint density at radius 3 is 1.03 bits per heavy atom. The number of unbranched alkanes of at least 4 members (excludes halogenated alkanes) is 18. The largest absolute Gasteiger partial charge is 0.472 e. The average Bonchev–Trinajstić information content (AvgIpc) is 3.43. The minimum atomic E-state index is -4.77. The summed E-state index contributed by atoms with van der Waals surface area (Å²) in [5, 5.41) is 9.84. The average molecular weight is 1110 g/mol. The number of esters is 3. The summed E-state index contributed by atoms with van der Waals surface area (Å²) < 4.78 is 39.6. The number of hydrogen-bond acceptors (Lipinski definition) is 10. The summed E-state index contributed by atoms with van der Waals surface area (Å²) in [4.78, 5) is 48.7. The first-order valence-corrected chi connectivity index (χ1v) is 31.9. The van der Waals surface area contributed by atoms with Crippen LogP contribution in [-0.2, 0) is 42.2 Å². The maximum atomic E-state index is 12.9. The summed E-state index contributed by atoms with van der Waals surface area (Å²) >= 11 is 0. The highest BCUT2D eigenvalue weighted by Gasteiger charge is 2.28. The lowest BCUT2D eigenvalue weighted by atomic mass is 10.1. The fourth-order valence-corrected chi connectivity index (χ4v) is 8.56. The Balaban J connectivity index is 4.79. The number of aliphatic hydroxyl groups excluding tert-OH is 1. The van der Waals surface area contributed by atoms with Gasteiger partial charge in [-0.1, -0.05) is 213 Å². The highest BCUT2D eigenvalue weighted by atomic mass is 31.2. The quantitative estimate of drug-likeness (QED) is 0.0197. The van der Waals surface area contributed by atoms with Gasteiger partial charge in [-0.2, -0.15) is 0 Å². The SMILES string of the molecule is CC/C=C\C/C=C\C/C=C\C/C=C\CCCCCCCCC(=O)OC(COC(=O)CCCCCCC/C=C\C/C=C\CCCCC)COP(=O)(O)OCC(CO)OC(=O)CCCCCC/C=C\C/C=C\C/C=C\C/C=C\CC. The van der Waals surface area contributed by atoms with Crippen molar-refractivity contribution in [3.8, 4) is 0 Å². The molecule has 444 valence electrons. The van der Waals surface area contributed by atoms with Crippen LogP contribution in [0, 0.1) is 0 Å². The van der Waals surface area contributed by atoms with Crippen LogP contribution in [0.25, 0.3) is 0 Å². The number of carbonyl (C=O) groups is 3. The number of carbonyl (C=O) groups excluding carboxylic acids is 3. The van der Waals surface area contributed by atoms with E-state index in [4.69, 9.17) is 23.3 Å². The molecule has 0 bridgehead atoms. The van der Waals surface area contributed by atoms with Crippen LogP contribution in [0.3, 0.4) is 0 Å². The molecule has 0 radical (unpaired) electrons. The number of ether oxygens (including phenoxy) is 3. The molecule has 3 atom stereocenters. The predicted octanol–water partition coefficient (Wildman–Crippen LogP) is 18.4. The van der Waals surface area contributed by atoms with Crippen LogP contribution in [0.15, 0.2) is 122 Å². The van der Waals surface area contributed by atoms with Crippen molar-refractivity contribution in [1.82, 2.24) is 0 Å². The van der Waals surface area contributed by atoms with Gasteiger partial charge >= 0.3 is 25.7 Å². The summed E-state index contributed by atoms with van der Waals surface area (Å²) in [6.07, 6.45) is 72.9. The standard InChI is InChI=1S/C66H109O11P/c1-4-7-10-13-16-19-22-25-28-30-31-33-36-39-42-45-48-51-54-57-66(70)77-63(59-73-64(68)55-52-49-46-43-40-37-34-27-24-21-18-15-12-9-6-3)61-75-78(71,72)74-60-62(58-67)76-65(69)56-53-50-47-44-41-38-35-32-29-26-23-20-17-14-11-8-5-2/h7-8,10-11,16-21,25-29,31,33-35,38,62-63,67H,4-6,9,12-15,22-24,30,32,36-37,39-61H2,1-3H3,(H,71,72)/b10-7-,11-8-,19-16-,20-17-,21-18-,28-25-,29-26-,33-31-,34-27-,38-35-. The van der Waals surface area contributed by atoms with Crippen molar-refractivity contribution in [3.63, 3.8) is 0 Å². The summed E-state index contributed by atoms with van der Waals surface area (Å²) in [6.45, 7) is 4.33. The highest BCUT2D eigenvalue weighted by Crippen LogP contribution is 2.43. The summed E-state index contributed by atoms with van der Waals surface area (Å²) in [6, 6.07) is 0. The van der Waals surface area contributed by atoms with Crippen molar-refractivity contribution in [2.75, 3.05) is 26.4 Å². The maximum Gasteiger partial charge on any atom is 0.472 e. The van der Waals surface area contributed by atoms with Crippen molar-refractivity contribution in [1.29, 1.82) is 0 Å². The first kappa shape index (κ1) is 73.9. The van der Waals surface area contributed by atoms with E-state index >= 15 is 0 Å². The van der Waals surface area contributed by atoms with Crippen LogP contribution in [0.5, 0.6) is 0 Å². The second kappa shape index (κ2) is 59.0. The van der Waals surface area contributed by atoms with Gasteiger partial charge in [0.05, 0.1) is 19.8 Å². The maximum absolute atomic E-state index is 12.9. The van der Waals surface area contributed by atoms with Crippen molar-refractivity contribution < 1.29 is 52.2 Å². The third-order valence-corrected chi connectivity index (χ3v) is 13.3. The topological polar surface area (TPSA) is 155 Å². The molecule has 0 aliphatic heterocycles. The van der Waals surface area contributed by atoms with Crippen LogP contribution in [0.1, 0.15) is 239 Å². The van der Waals surface area contributed by atoms with E-state index in [1.807, 2.05) is 0 Å². The molecule has 12 heteroatoms.